The van der Waals surface area contributed by atoms with Crippen molar-refractivity contribution in [2.45, 2.75) is 32.1 Å². The van der Waals surface area contributed by atoms with Crippen LogP contribution in [0.5, 0.6) is 0 Å². The number of rotatable bonds is 3. The van der Waals surface area contributed by atoms with E-state index in [-0.39, 0.29) is 11.3 Å². The highest BCUT2D eigenvalue weighted by molar-refractivity contribution is 6.03. The van der Waals surface area contributed by atoms with Gasteiger partial charge in [-0.15, -0.1) is 0 Å². The predicted molar refractivity (Wildman–Crippen MR) is 86.7 cm³/mol. The van der Waals surface area contributed by atoms with Crippen molar-refractivity contribution in [1.82, 2.24) is 0 Å². The third-order valence-electron chi connectivity index (χ3n) is 4.67. The molecule has 3 rings (SSSR count). The second kappa shape index (κ2) is 5.03. The average molecular weight is 279 g/mol. The maximum atomic E-state index is 13.0. The maximum Gasteiger partial charge on any atom is 0.237 e. The van der Waals surface area contributed by atoms with Crippen LogP contribution < -0.4 is 4.90 Å². The van der Waals surface area contributed by atoms with Gasteiger partial charge in [-0.3, -0.25) is 4.79 Å². The number of amides is 1. The number of aryl methyl sites for hydroxylation is 2. The van der Waals surface area contributed by atoms with Crippen LogP contribution in [-0.4, -0.2) is 13.0 Å². The lowest BCUT2D eigenvalue weighted by Crippen LogP contribution is -2.36. The minimum Gasteiger partial charge on any atom is -0.315 e. The molecule has 0 atom stereocenters. The molecule has 1 amide bonds. The fourth-order valence-corrected chi connectivity index (χ4v) is 2.88. The molecule has 1 saturated carbocycles. The van der Waals surface area contributed by atoms with E-state index >= 15 is 0 Å². The van der Waals surface area contributed by atoms with E-state index in [1.54, 1.807) is 0 Å². The van der Waals surface area contributed by atoms with Crippen molar-refractivity contribution in [3.8, 4) is 0 Å². The van der Waals surface area contributed by atoms with Gasteiger partial charge in [-0.25, -0.2) is 0 Å². The van der Waals surface area contributed by atoms with Gasteiger partial charge < -0.3 is 4.90 Å². The molecule has 2 heteroatoms. The van der Waals surface area contributed by atoms with E-state index in [2.05, 4.69) is 38.1 Å². The number of hydrogen-bond acceptors (Lipinski definition) is 1. The largest absolute Gasteiger partial charge is 0.315 e. The second-order valence-electron chi connectivity index (χ2n) is 6.08. The van der Waals surface area contributed by atoms with Gasteiger partial charge in [0.1, 0.15) is 0 Å². The SMILES string of the molecule is Cc1ccc(N(C)C(=O)C2(c3ccccc3)CC2)cc1C. The first kappa shape index (κ1) is 13.9. The van der Waals surface area contributed by atoms with Gasteiger partial charge in [0.15, 0.2) is 0 Å². The van der Waals surface area contributed by atoms with Crippen molar-refractivity contribution in [1.29, 1.82) is 0 Å². The fraction of sp³-hybridized carbons (Fsp3) is 0.316. The van der Waals surface area contributed by atoms with E-state index in [4.69, 9.17) is 0 Å². The summed E-state index contributed by atoms with van der Waals surface area (Å²) >= 11 is 0. The van der Waals surface area contributed by atoms with Crippen LogP contribution >= 0.6 is 0 Å². The van der Waals surface area contributed by atoms with Crippen LogP contribution in [0.25, 0.3) is 0 Å². The van der Waals surface area contributed by atoms with Crippen LogP contribution in [0.1, 0.15) is 29.5 Å². The average Bonchev–Trinajstić information content (AvgIpc) is 3.31. The fourth-order valence-electron chi connectivity index (χ4n) is 2.88. The Balaban J connectivity index is 1.90. The number of carbonyl (C=O) groups excluding carboxylic acids is 1. The summed E-state index contributed by atoms with van der Waals surface area (Å²) in [5.74, 6) is 0.206. The van der Waals surface area contributed by atoms with Crippen LogP contribution in [0.2, 0.25) is 0 Å². The Kier molecular flexibility index (Phi) is 3.32. The molecule has 108 valence electrons. The lowest BCUT2D eigenvalue weighted by molar-refractivity contribution is -0.120. The highest BCUT2D eigenvalue weighted by Crippen LogP contribution is 2.49. The molecule has 1 fully saturated rings. The smallest absolute Gasteiger partial charge is 0.237 e. The highest BCUT2D eigenvalue weighted by atomic mass is 16.2. The standard InChI is InChI=1S/C19H21NO/c1-14-9-10-17(13-15(14)2)20(3)18(21)19(11-12-19)16-7-5-4-6-8-16/h4-10,13H,11-12H2,1-3H3. The molecule has 0 bridgehead atoms. The molecule has 1 aliphatic carbocycles. The molecule has 2 nitrogen and oxygen atoms in total. The van der Waals surface area contributed by atoms with Crippen LogP contribution in [0.3, 0.4) is 0 Å². The first-order valence-electron chi connectivity index (χ1n) is 7.45. The minimum atomic E-state index is -0.297. The first-order chi connectivity index (χ1) is 10.0. The molecule has 0 heterocycles. The normalized spacial score (nSPS) is 15.6. The van der Waals surface area contributed by atoms with E-state index in [1.165, 1.54) is 11.1 Å². The summed E-state index contributed by atoms with van der Waals surface area (Å²) < 4.78 is 0. The predicted octanol–water partition coefficient (Wildman–Crippen LogP) is 4.00. The Bertz CT molecular complexity index is 671. The van der Waals surface area contributed by atoms with Crippen molar-refractivity contribution >= 4 is 11.6 Å². The lowest BCUT2D eigenvalue weighted by Gasteiger charge is -2.24. The molecule has 0 saturated heterocycles. The summed E-state index contributed by atoms with van der Waals surface area (Å²) in [5.41, 5.74) is 4.30. The molecule has 2 aromatic rings. The molecule has 21 heavy (non-hydrogen) atoms. The van der Waals surface area contributed by atoms with Gasteiger partial charge in [0.05, 0.1) is 5.41 Å². The van der Waals surface area contributed by atoms with Gasteiger partial charge in [-0.1, -0.05) is 36.4 Å². The van der Waals surface area contributed by atoms with Gasteiger partial charge in [0.25, 0.3) is 0 Å². The third-order valence-corrected chi connectivity index (χ3v) is 4.67. The summed E-state index contributed by atoms with van der Waals surface area (Å²) in [6.45, 7) is 4.18. The van der Waals surface area contributed by atoms with Gasteiger partial charge in [0.2, 0.25) is 5.91 Å². The monoisotopic (exact) mass is 279 g/mol. The summed E-state index contributed by atoms with van der Waals surface area (Å²) in [4.78, 5) is 14.8. The minimum absolute atomic E-state index is 0.206. The number of carbonyl (C=O) groups is 1. The molecule has 0 N–H and O–H groups in total. The zero-order valence-electron chi connectivity index (χ0n) is 12.9. The van der Waals surface area contributed by atoms with Crippen molar-refractivity contribution in [3.63, 3.8) is 0 Å². The van der Waals surface area contributed by atoms with E-state index in [0.29, 0.717) is 0 Å². The zero-order valence-corrected chi connectivity index (χ0v) is 12.9. The Labute approximate surface area is 126 Å². The van der Waals surface area contributed by atoms with E-state index in [0.717, 1.165) is 24.1 Å². The summed E-state index contributed by atoms with van der Waals surface area (Å²) in [5, 5.41) is 0. The van der Waals surface area contributed by atoms with E-state index in [1.807, 2.05) is 36.2 Å². The zero-order chi connectivity index (χ0) is 15.0. The van der Waals surface area contributed by atoms with Gasteiger partial charge in [-0.05, 0) is 55.5 Å². The van der Waals surface area contributed by atoms with E-state index in [9.17, 15) is 4.79 Å². The third kappa shape index (κ3) is 2.35. The molecule has 2 aromatic carbocycles. The van der Waals surface area contributed by atoms with Crippen LogP contribution in [0, 0.1) is 13.8 Å². The number of benzene rings is 2. The maximum absolute atomic E-state index is 13.0. The quantitative estimate of drug-likeness (QED) is 0.831. The molecule has 0 aliphatic heterocycles. The molecule has 0 radical (unpaired) electrons. The number of anilines is 1. The Hall–Kier alpha value is -2.09. The van der Waals surface area contributed by atoms with Crippen LogP contribution in [-0.2, 0) is 10.2 Å². The van der Waals surface area contributed by atoms with E-state index < -0.39 is 0 Å². The number of nitrogens with zero attached hydrogens (tertiary/aromatic N) is 1. The Morgan fingerprint density at radius 2 is 1.67 bits per heavy atom. The topological polar surface area (TPSA) is 20.3 Å². The van der Waals surface area contributed by atoms with Crippen molar-refractivity contribution in [2.24, 2.45) is 0 Å². The summed E-state index contributed by atoms with van der Waals surface area (Å²) in [7, 11) is 1.88. The van der Waals surface area contributed by atoms with Crippen molar-refractivity contribution in [3.05, 3.63) is 65.2 Å². The van der Waals surface area contributed by atoms with Gasteiger partial charge in [0, 0.05) is 12.7 Å². The number of hydrogen-bond donors (Lipinski definition) is 0. The van der Waals surface area contributed by atoms with Crippen LogP contribution in [0.15, 0.2) is 48.5 Å². The summed E-state index contributed by atoms with van der Waals surface area (Å²) in [6.07, 6.45) is 1.90. The molecular weight excluding hydrogens is 258 g/mol. The Morgan fingerprint density at radius 1 is 1.00 bits per heavy atom. The molecule has 1 aliphatic rings. The first-order valence-corrected chi connectivity index (χ1v) is 7.45. The van der Waals surface area contributed by atoms with Crippen molar-refractivity contribution < 1.29 is 4.79 Å². The molecular formula is C19H21NO. The second-order valence-corrected chi connectivity index (χ2v) is 6.08. The molecule has 0 spiro atoms. The van der Waals surface area contributed by atoms with Crippen molar-refractivity contribution in [2.75, 3.05) is 11.9 Å². The lowest BCUT2D eigenvalue weighted by atomic mass is 9.94. The Morgan fingerprint density at radius 3 is 2.24 bits per heavy atom. The van der Waals surface area contributed by atoms with Crippen LogP contribution in [0.4, 0.5) is 5.69 Å². The summed E-state index contributed by atoms with van der Waals surface area (Å²) in [6, 6.07) is 16.4. The molecule has 0 aromatic heterocycles. The highest BCUT2D eigenvalue weighted by Gasteiger charge is 2.52. The molecule has 0 unspecified atom stereocenters. The van der Waals surface area contributed by atoms with Gasteiger partial charge in [-0.2, -0.15) is 0 Å². The number of likely N-dealkylation sites (N-methyl/N-ethyl adjacent to an activating group) is 1. The van der Waals surface area contributed by atoms with Gasteiger partial charge >= 0.3 is 0 Å².